The lowest BCUT2D eigenvalue weighted by Crippen LogP contribution is -2.40. The summed E-state index contributed by atoms with van der Waals surface area (Å²) in [6.45, 7) is 12.9. The van der Waals surface area contributed by atoms with Crippen LogP contribution in [0.3, 0.4) is 0 Å². The quantitative estimate of drug-likeness (QED) is 0.718. The topological polar surface area (TPSA) is 28.2 Å². The smallest absolute Gasteiger partial charge is 0.0547 e. The first-order valence-electron chi connectivity index (χ1n) is 7.04. The summed E-state index contributed by atoms with van der Waals surface area (Å²) in [6.07, 6.45) is 1.19. The first-order valence-corrected chi connectivity index (χ1v) is 7.04. The van der Waals surface area contributed by atoms with Crippen molar-refractivity contribution >= 4 is 0 Å². The molecule has 102 valence electrons. The van der Waals surface area contributed by atoms with E-state index in [2.05, 4.69) is 48.1 Å². The lowest BCUT2D eigenvalue weighted by atomic mass is 10.2. The van der Waals surface area contributed by atoms with Gasteiger partial charge in [-0.1, -0.05) is 19.9 Å². The maximum absolute atomic E-state index is 4.58. The van der Waals surface area contributed by atoms with Crippen molar-refractivity contribution in [2.45, 2.75) is 46.7 Å². The Kier molecular flexibility index (Phi) is 6.91. The number of nitrogens with one attached hydrogen (secondary N) is 1. The Morgan fingerprint density at radius 2 is 2.11 bits per heavy atom. The van der Waals surface area contributed by atoms with Crippen molar-refractivity contribution in [1.29, 1.82) is 0 Å². The lowest BCUT2D eigenvalue weighted by Gasteiger charge is -2.27. The number of aryl methyl sites for hydroxylation is 1. The van der Waals surface area contributed by atoms with Crippen molar-refractivity contribution in [3.05, 3.63) is 29.6 Å². The molecule has 3 nitrogen and oxygen atoms in total. The van der Waals surface area contributed by atoms with Gasteiger partial charge in [0.15, 0.2) is 0 Å². The molecular formula is C15H27N3. The van der Waals surface area contributed by atoms with Crippen LogP contribution in [0.15, 0.2) is 18.2 Å². The predicted molar refractivity (Wildman–Crippen MR) is 77.7 cm³/mol. The molecule has 0 aliphatic heterocycles. The second kappa shape index (κ2) is 8.22. The molecule has 0 saturated heterocycles. The molecule has 0 bridgehead atoms. The van der Waals surface area contributed by atoms with E-state index in [1.54, 1.807) is 0 Å². The van der Waals surface area contributed by atoms with E-state index in [-0.39, 0.29) is 0 Å². The largest absolute Gasteiger partial charge is 0.315 e. The van der Waals surface area contributed by atoms with Crippen molar-refractivity contribution in [2.24, 2.45) is 0 Å². The molecule has 0 amide bonds. The zero-order valence-corrected chi connectivity index (χ0v) is 12.2. The van der Waals surface area contributed by atoms with Crippen LogP contribution in [0.2, 0.25) is 0 Å². The van der Waals surface area contributed by atoms with E-state index >= 15 is 0 Å². The molecule has 0 radical (unpaired) electrons. The Bertz CT molecular complexity index is 338. The van der Waals surface area contributed by atoms with Crippen LogP contribution in [-0.4, -0.2) is 35.6 Å². The fourth-order valence-electron chi connectivity index (χ4n) is 2.09. The summed E-state index contributed by atoms with van der Waals surface area (Å²) in [5.41, 5.74) is 2.26. The zero-order valence-electron chi connectivity index (χ0n) is 12.2. The number of nitrogens with zero attached hydrogens (tertiary/aromatic N) is 2. The van der Waals surface area contributed by atoms with Crippen molar-refractivity contribution in [3.8, 4) is 0 Å². The molecule has 1 aromatic rings. The first-order chi connectivity index (χ1) is 8.67. The third-order valence-electron chi connectivity index (χ3n) is 3.21. The van der Waals surface area contributed by atoms with Crippen molar-refractivity contribution in [1.82, 2.24) is 15.2 Å². The molecular weight excluding hydrogens is 222 g/mol. The average molecular weight is 249 g/mol. The summed E-state index contributed by atoms with van der Waals surface area (Å²) in [5.74, 6) is 0. The van der Waals surface area contributed by atoms with Gasteiger partial charge in [-0.15, -0.1) is 0 Å². The highest BCUT2D eigenvalue weighted by molar-refractivity contribution is 5.09. The van der Waals surface area contributed by atoms with Gasteiger partial charge in [-0.3, -0.25) is 9.88 Å². The van der Waals surface area contributed by atoms with Gasteiger partial charge in [0.05, 0.1) is 5.69 Å². The van der Waals surface area contributed by atoms with Crippen LogP contribution < -0.4 is 5.32 Å². The highest BCUT2D eigenvalue weighted by atomic mass is 15.2. The van der Waals surface area contributed by atoms with Gasteiger partial charge in [0, 0.05) is 24.8 Å². The number of rotatable bonds is 8. The molecule has 0 saturated carbocycles. The third-order valence-corrected chi connectivity index (χ3v) is 3.21. The van der Waals surface area contributed by atoms with Gasteiger partial charge in [-0.2, -0.15) is 0 Å². The second-order valence-electron chi connectivity index (χ2n) is 4.89. The van der Waals surface area contributed by atoms with Gasteiger partial charge >= 0.3 is 0 Å². The Balaban J connectivity index is 2.50. The highest BCUT2D eigenvalue weighted by Gasteiger charge is 2.12. The molecule has 1 unspecified atom stereocenters. The number of aromatic nitrogens is 1. The van der Waals surface area contributed by atoms with Crippen molar-refractivity contribution in [3.63, 3.8) is 0 Å². The maximum atomic E-state index is 4.58. The average Bonchev–Trinajstić information content (AvgIpc) is 2.36. The molecule has 0 aromatic carbocycles. The Hall–Kier alpha value is -0.930. The van der Waals surface area contributed by atoms with E-state index in [0.717, 1.165) is 31.9 Å². The van der Waals surface area contributed by atoms with Crippen LogP contribution >= 0.6 is 0 Å². The Labute approximate surface area is 112 Å². The van der Waals surface area contributed by atoms with Crippen LogP contribution in [0.1, 0.15) is 38.6 Å². The highest BCUT2D eigenvalue weighted by Crippen LogP contribution is 2.06. The summed E-state index contributed by atoms with van der Waals surface area (Å²) >= 11 is 0. The van der Waals surface area contributed by atoms with Gasteiger partial charge in [-0.25, -0.2) is 0 Å². The van der Waals surface area contributed by atoms with Crippen molar-refractivity contribution < 1.29 is 0 Å². The third kappa shape index (κ3) is 5.15. The van der Waals surface area contributed by atoms with Crippen LogP contribution in [-0.2, 0) is 6.54 Å². The van der Waals surface area contributed by atoms with Crippen LogP contribution in [0, 0.1) is 6.92 Å². The molecule has 1 rings (SSSR count). The lowest BCUT2D eigenvalue weighted by molar-refractivity contribution is 0.204. The zero-order chi connectivity index (χ0) is 13.4. The molecule has 0 aliphatic carbocycles. The van der Waals surface area contributed by atoms with Crippen LogP contribution in [0.5, 0.6) is 0 Å². The molecule has 0 fully saturated rings. The van der Waals surface area contributed by atoms with E-state index in [1.807, 2.05) is 13.0 Å². The second-order valence-corrected chi connectivity index (χ2v) is 4.89. The SMILES string of the molecule is CCCNCC(C)N(CC)Cc1cccc(C)n1. The minimum absolute atomic E-state index is 0.545. The molecule has 1 aromatic heterocycles. The molecule has 1 N–H and O–H groups in total. The first kappa shape index (κ1) is 15.1. The predicted octanol–water partition coefficient (Wildman–Crippen LogP) is 2.60. The molecule has 1 atom stereocenters. The normalized spacial score (nSPS) is 12.9. The summed E-state index contributed by atoms with van der Waals surface area (Å²) in [7, 11) is 0. The van der Waals surface area contributed by atoms with Gasteiger partial charge in [0.1, 0.15) is 0 Å². The summed E-state index contributed by atoms with van der Waals surface area (Å²) in [6, 6.07) is 6.79. The fraction of sp³-hybridized carbons (Fsp3) is 0.667. The number of hydrogen-bond acceptors (Lipinski definition) is 3. The van der Waals surface area contributed by atoms with Gasteiger partial charge in [-0.05, 0) is 45.5 Å². The van der Waals surface area contributed by atoms with E-state index in [9.17, 15) is 0 Å². The molecule has 0 spiro atoms. The minimum atomic E-state index is 0.545. The van der Waals surface area contributed by atoms with E-state index < -0.39 is 0 Å². The molecule has 3 heteroatoms. The summed E-state index contributed by atoms with van der Waals surface area (Å²) in [4.78, 5) is 7.04. The van der Waals surface area contributed by atoms with E-state index in [1.165, 1.54) is 12.1 Å². The van der Waals surface area contributed by atoms with E-state index in [4.69, 9.17) is 0 Å². The van der Waals surface area contributed by atoms with Crippen molar-refractivity contribution in [2.75, 3.05) is 19.6 Å². The van der Waals surface area contributed by atoms with Gasteiger partial charge < -0.3 is 5.32 Å². The van der Waals surface area contributed by atoms with Crippen LogP contribution in [0.4, 0.5) is 0 Å². The monoisotopic (exact) mass is 249 g/mol. The number of pyridine rings is 1. The van der Waals surface area contributed by atoms with Gasteiger partial charge in [0.25, 0.3) is 0 Å². The number of likely N-dealkylation sites (N-methyl/N-ethyl adjacent to an activating group) is 1. The molecule has 0 aliphatic rings. The maximum Gasteiger partial charge on any atom is 0.0547 e. The molecule has 1 heterocycles. The number of hydrogen-bond donors (Lipinski definition) is 1. The Morgan fingerprint density at radius 3 is 2.72 bits per heavy atom. The summed E-state index contributed by atoms with van der Waals surface area (Å²) in [5, 5.41) is 3.48. The van der Waals surface area contributed by atoms with Crippen LogP contribution in [0.25, 0.3) is 0 Å². The fourth-order valence-corrected chi connectivity index (χ4v) is 2.09. The minimum Gasteiger partial charge on any atom is -0.315 e. The standard InChI is InChI=1S/C15H27N3/c1-5-10-16-11-14(4)18(6-2)12-15-9-7-8-13(3)17-15/h7-9,14,16H,5-6,10-12H2,1-4H3. The summed E-state index contributed by atoms with van der Waals surface area (Å²) < 4.78 is 0. The van der Waals surface area contributed by atoms with E-state index in [0.29, 0.717) is 6.04 Å². The van der Waals surface area contributed by atoms with Gasteiger partial charge in [0.2, 0.25) is 0 Å². The Morgan fingerprint density at radius 1 is 1.33 bits per heavy atom. The molecule has 18 heavy (non-hydrogen) atoms.